The normalized spacial score (nSPS) is 10.6. The van der Waals surface area contributed by atoms with E-state index in [2.05, 4.69) is 6.07 Å². The molecule has 0 aliphatic heterocycles. The molecule has 0 atom stereocenters. The van der Waals surface area contributed by atoms with Crippen LogP contribution in [0.25, 0.3) is 0 Å². The van der Waals surface area contributed by atoms with Gasteiger partial charge in [0.05, 0.1) is 19.8 Å². The van der Waals surface area contributed by atoms with Crippen LogP contribution in [0.2, 0.25) is 0 Å². The molecule has 13 heavy (non-hydrogen) atoms. The third-order valence-electron chi connectivity index (χ3n) is 1.59. The van der Waals surface area contributed by atoms with E-state index in [1.54, 1.807) is 18.4 Å². The highest BCUT2D eigenvalue weighted by molar-refractivity contribution is 7.11. The number of ether oxygens (including phenoxy) is 2. The van der Waals surface area contributed by atoms with Crippen molar-refractivity contribution < 1.29 is 9.47 Å². The van der Waals surface area contributed by atoms with Gasteiger partial charge < -0.3 is 15.2 Å². The van der Waals surface area contributed by atoms with Crippen LogP contribution in [0.1, 0.15) is 9.75 Å². The number of rotatable bonds is 6. The molecule has 4 heteroatoms. The van der Waals surface area contributed by atoms with E-state index in [-0.39, 0.29) is 0 Å². The Morgan fingerprint density at radius 1 is 1.31 bits per heavy atom. The lowest BCUT2D eigenvalue weighted by Crippen LogP contribution is -2.00. The van der Waals surface area contributed by atoms with E-state index in [1.165, 1.54) is 9.75 Å². The average Bonchev–Trinajstić information content (AvgIpc) is 2.60. The van der Waals surface area contributed by atoms with E-state index < -0.39 is 0 Å². The Morgan fingerprint density at radius 3 is 2.69 bits per heavy atom. The molecule has 0 saturated heterocycles. The number of thiophene rings is 1. The van der Waals surface area contributed by atoms with Crippen LogP contribution in [-0.2, 0) is 22.6 Å². The fraction of sp³-hybridized carbons (Fsp3) is 0.556. The first-order chi connectivity index (χ1) is 6.36. The molecule has 1 aromatic heterocycles. The molecule has 2 N–H and O–H groups in total. The molecule has 0 aromatic carbocycles. The van der Waals surface area contributed by atoms with Crippen LogP contribution in [-0.4, -0.2) is 20.3 Å². The quantitative estimate of drug-likeness (QED) is 0.707. The molecule has 0 amide bonds. The van der Waals surface area contributed by atoms with Crippen LogP contribution in [0, 0.1) is 0 Å². The smallest absolute Gasteiger partial charge is 0.0810 e. The zero-order chi connectivity index (χ0) is 9.52. The molecule has 1 aromatic rings. The first kappa shape index (κ1) is 10.7. The number of hydrogen-bond donors (Lipinski definition) is 1. The zero-order valence-corrected chi connectivity index (χ0v) is 8.60. The van der Waals surface area contributed by atoms with Gasteiger partial charge in [-0.15, -0.1) is 11.3 Å². The summed E-state index contributed by atoms with van der Waals surface area (Å²) >= 11 is 1.70. The van der Waals surface area contributed by atoms with Gasteiger partial charge in [-0.2, -0.15) is 0 Å². The van der Waals surface area contributed by atoms with E-state index in [4.69, 9.17) is 15.2 Å². The second kappa shape index (κ2) is 6.10. The number of hydrogen-bond acceptors (Lipinski definition) is 4. The zero-order valence-electron chi connectivity index (χ0n) is 7.79. The predicted octanol–water partition coefficient (Wildman–Crippen LogP) is 1.37. The minimum absolute atomic E-state index is 0.614. The maximum absolute atomic E-state index is 5.49. The van der Waals surface area contributed by atoms with Gasteiger partial charge in [0.15, 0.2) is 0 Å². The molecular weight excluding hydrogens is 186 g/mol. The lowest BCUT2D eigenvalue weighted by atomic mass is 10.4. The Labute approximate surface area is 82.5 Å². The molecule has 3 nitrogen and oxygen atoms in total. The van der Waals surface area contributed by atoms with Crippen molar-refractivity contribution in [2.45, 2.75) is 13.2 Å². The van der Waals surface area contributed by atoms with Crippen molar-refractivity contribution in [2.75, 3.05) is 20.3 Å². The molecule has 1 rings (SSSR count). The van der Waals surface area contributed by atoms with Gasteiger partial charge in [-0.1, -0.05) is 0 Å². The fourth-order valence-corrected chi connectivity index (χ4v) is 1.76. The van der Waals surface area contributed by atoms with Crippen molar-refractivity contribution in [1.29, 1.82) is 0 Å². The van der Waals surface area contributed by atoms with Crippen molar-refractivity contribution in [3.63, 3.8) is 0 Å². The highest BCUT2D eigenvalue weighted by atomic mass is 32.1. The van der Waals surface area contributed by atoms with Crippen LogP contribution >= 0.6 is 11.3 Å². The average molecular weight is 201 g/mol. The molecule has 0 aliphatic rings. The highest BCUT2D eigenvalue weighted by Crippen LogP contribution is 2.16. The molecule has 0 unspecified atom stereocenters. The summed E-state index contributed by atoms with van der Waals surface area (Å²) in [5, 5.41) is 0. The van der Waals surface area contributed by atoms with E-state index in [9.17, 15) is 0 Å². The van der Waals surface area contributed by atoms with Gasteiger partial charge in [-0.25, -0.2) is 0 Å². The van der Waals surface area contributed by atoms with Gasteiger partial charge in [0.25, 0.3) is 0 Å². The molecule has 74 valence electrons. The number of nitrogens with two attached hydrogens (primary N) is 1. The molecule has 0 bridgehead atoms. The van der Waals surface area contributed by atoms with Gasteiger partial charge in [0, 0.05) is 23.4 Å². The van der Waals surface area contributed by atoms with E-state index >= 15 is 0 Å². The van der Waals surface area contributed by atoms with Crippen molar-refractivity contribution in [3.8, 4) is 0 Å². The standard InChI is InChI=1S/C9H15NO2S/c1-11-4-5-12-7-9-3-2-8(6-10)13-9/h2-3H,4-7,10H2,1H3. The van der Waals surface area contributed by atoms with Gasteiger partial charge in [0.1, 0.15) is 0 Å². The summed E-state index contributed by atoms with van der Waals surface area (Å²) in [4.78, 5) is 2.42. The SMILES string of the molecule is COCCOCc1ccc(CN)s1. The van der Waals surface area contributed by atoms with Crippen LogP contribution in [0.3, 0.4) is 0 Å². The molecule has 0 radical (unpaired) electrons. The van der Waals surface area contributed by atoms with Gasteiger partial charge in [0.2, 0.25) is 0 Å². The molecule has 0 aliphatic carbocycles. The lowest BCUT2D eigenvalue weighted by Gasteiger charge is -2.00. The van der Waals surface area contributed by atoms with Crippen LogP contribution in [0.5, 0.6) is 0 Å². The summed E-state index contributed by atoms with van der Waals surface area (Å²) in [6.45, 7) is 2.57. The first-order valence-corrected chi connectivity index (χ1v) is 5.03. The van der Waals surface area contributed by atoms with Crippen LogP contribution in [0.15, 0.2) is 12.1 Å². The van der Waals surface area contributed by atoms with E-state index in [0.717, 1.165) is 0 Å². The molecular formula is C9H15NO2S. The topological polar surface area (TPSA) is 44.5 Å². The molecule has 1 heterocycles. The minimum atomic E-state index is 0.614. The third kappa shape index (κ3) is 3.87. The van der Waals surface area contributed by atoms with Gasteiger partial charge >= 0.3 is 0 Å². The second-order valence-corrected chi connectivity index (χ2v) is 3.87. The molecule has 0 spiro atoms. The number of methoxy groups -OCH3 is 1. The third-order valence-corrected chi connectivity index (χ3v) is 2.68. The van der Waals surface area contributed by atoms with Crippen molar-refractivity contribution in [3.05, 3.63) is 21.9 Å². The summed E-state index contributed by atoms with van der Waals surface area (Å²) in [6.07, 6.45) is 0. The van der Waals surface area contributed by atoms with Crippen molar-refractivity contribution >= 4 is 11.3 Å². The fourth-order valence-electron chi connectivity index (χ4n) is 0.925. The van der Waals surface area contributed by atoms with Crippen molar-refractivity contribution in [2.24, 2.45) is 5.73 Å². The Kier molecular flexibility index (Phi) is 5.00. The van der Waals surface area contributed by atoms with Crippen LogP contribution in [0.4, 0.5) is 0 Å². The van der Waals surface area contributed by atoms with Crippen LogP contribution < -0.4 is 5.73 Å². The Hall–Kier alpha value is -0.420. The first-order valence-electron chi connectivity index (χ1n) is 4.21. The Bertz CT molecular complexity index is 237. The molecule has 0 fully saturated rings. The van der Waals surface area contributed by atoms with E-state index in [0.29, 0.717) is 26.4 Å². The lowest BCUT2D eigenvalue weighted by molar-refractivity contribution is 0.0628. The van der Waals surface area contributed by atoms with Gasteiger partial charge in [-0.3, -0.25) is 0 Å². The maximum Gasteiger partial charge on any atom is 0.0810 e. The summed E-state index contributed by atoms with van der Waals surface area (Å²) < 4.78 is 10.2. The summed E-state index contributed by atoms with van der Waals surface area (Å²) in [5.74, 6) is 0. The monoisotopic (exact) mass is 201 g/mol. The van der Waals surface area contributed by atoms with Crippen molar-refractivity contribution in [1.82, 2.24) is 0 Å². The second-order valence-electron chi connectivity index (χ2n) is 2.62. The predicted molar refractivity (Wildman–Crippen MR) is 53.7 cm³/mol. The summed E-state index contributed by atoms with van der Waals surface area (Å²) in [6, 6.07) is 4.10. The van der Waals surface area contributed by atoms with E-state index in [1.807, 2.05) is 6.07 Å². The minimum Gasteiger partial charge on any atom is -0.382 e. The van der Waals surface area contributed by atoms with Gasteiger partial charge in [-0.05, 0) is 12.1 Å². The Morgan fingerprint density at radius 2 is 2.08 bits per heavy atom. The molecule has 0 saturated carbocycles. The largest absolute Gasteiger partial charge is 0.382 e. The summed E-state index contributed by atoms with van der Waals surface area (Å²) in [5.41, 5.74) is 5.49. The summed E-state index contributed by atoms with van der Waals surface area (Å²) in [7, 11) is 1.67. The maximum atomic E-state index is 5.49. The Balaban J connectivity index is 2.20. The highest BCUT2D eigenvalue weighted by Gasteiger charge is 1.97.